The van der Waals surface area contributed by atoms with Crippen molar-refractivity contribution in [3.63, 3.8) is 0 Å². The minimum absolute atomic E-state index is 0.0418. The van der Waals surface area contributed by atoms with Gasteiger partial charge in [-0.3, -0.25) is 4.79 Å². The van der Waals surface area contributed by atoms with Crippen LogP contribution < -0.4 is 5.32 Å². The zero-order valence-corrected chi connectivity index (χ0v) is 13.4. The van der Waals surface area contributed by atoms with Gasteiger partial charge in [0.15, 0.2) is 0 Å². The fraction of sp³-hybridized carbons (Fsp3) is 0.462. The molecular weight excluding hydrogens is 337 g/mol. The highest BCUT2D eigenvalue weighted by Gasteiger charge is 2.11. The molecule has 1 rings (SSSR count). The van der Waals surface area contributed by atoms with Gasteiger partial charge in [-0.05, 0) is 46.5 Å². The number of carbonyl (C=O) groups is 1. The van der Waals surface area contributed by atoms with E-state index >= 15 is 0 Å². The summed E-state index contributed by atoms with van der Waals surface area (Å²) >= 11 is 15.3. The van der Waals surface area contributed by atoms with Crippen molar-refractivity contribution < 1.29 is 4.79 Å². The Bertz CT molecular complexity index is 423. The monoisotopic (exact) mass is 351 g/mol. The summed E-state index contributed by atoms with van der Waals surface area (Å²) < 4.78 is 0.774. The average molecular weight is 353 g/mol. The molecule has 0 heterocycles. The topological polar surface area (TPSA) is 29.1 Å². The van der Waals surface area contributed by atoms with Crippen molar-refractivity contribution in [2.24, 2.45) is 5.92 Å². The molecule has 18 heavy (non-hydrogen) atoms. The Labute approximate surface area is 126 Å². The van der Waals surface area contributed by atoms with Crippen LogP contribution in [-0.4, -0.2) is 17.8 Å². The Kier molecular flexibility index (Phi) is 6.47. The molecule has 0 radical (unpaired) electrons. The summed E-state index contributed by atoms with van der Waals surface area (Å²) in [5, 5.41) is 3.28. The molecule has 0 aliphatic rings. The van der Waals surface area contributed by atoms with Crippen molar-refractivity contribution in [3.05, 3.63) is 33.3 Å². The Morgan fingerprint density at radius 2 is 2.11 bits per heavy atom. The molecule has 0 aromatic heterocycles. The molecule has 1 aromatic rings. The maximum atomic E-state index is 11.9. The molecule has 5 heteroatoms. The summed E-state index contributed by atoms with van der Waals surface area (Å²) in [5.74, 6) is 0.366. The van der Waals surface area contributed by atoms with Gasteiger partial charge in [-0.2, -0.15) is 0 Å². The minimum Gasteiger partial charge on any atom is -0.351 e. The van der Waals surface area contributed by atoms with E-state index in [1.165, 1.54) is 0 Å². The van der Waals surface area contributed by atoms with Crippen LogP contribution in [-0.2, 0) is 0 Å². The Morgan fingerprint density at radius 1 is 1.44 bits per heavy atom. The lowest BCUT2D eigenvalue weighted by molar-refractivity contribution is 0.0953. The zero-order chi connectivity index (χ0) is 13.7. The first-order chi connectivity index (χ1) is 8.40. The van der Waals surface area contributed by atoms with Gasteiger partial charge in [-0.1, -0.05) is 25.4 Å². The lowest BCUT2D eigenvalue weighted by atomic mass is 10.1. The van der Waals surface area contributed by atoms with Gasteiger partial charge < -0.3 is 5.32 Å². The summed E-state index contributed by atoms with van der Waals surface area (Å²) in [6, 6.07) is 5.10. The second-order valence-corrected chi connectivity index (χ2v) is 6.44. The van der Waals surface area contributed by atoms with E-state index in [4.69, 9.17) is 23.2 Å². The van der Waals surface area contributed by atoms with Crippen molar-refractivity contribution in [3.8, 4) is 0 Å². The number of halogens is 3. The number of benzene rings is 1. The van der Waals surface area contributed by atoms with E-state index in [2.05, 4.69) is 35.1 Å². The van der Waals surface area contributed by atoms with Crippen LogP contribution in [0.25, 0.3) is 0 Å². The molecule has 0 saturated carbocycles. The number of rotatable bonds is 5. The van der Waals surface area contributed by atoms with E-state index in [0.29, 0.717) is 23.0 Å². The molecule has 0 fully saturated rings. The first-order valence-electron chi connectivity index (χ1n) is 5.77. The SMILES string of the molecule is CC(C)CC(Cl)CNC(=O)c1ccc(Br)c(Cl)c1. The summed E-state index contributed by atoms with van der Waals surface area (Å²) in [5.41, 5.74) is 0.539. The molecule has 100 valence electrons. The third-order valence-corrected chi connectivity index (χ3v) is 3.96. The van der Waals surface area contributed by atoms with Gasteiger partial charge in [0.25, 0.3) is 5.91 Å². The van der Waals surface area contributed by atoms with Crippen molar-refractivity contribution in [2.75, 3.05) is 6.54 Å². The van der Waals surface area contributed by atoms with E-state index < -0.39 is 0 Å². The molecule has 1 N–H and O–H groups in total. The lowest BCUT2D eigenvalue weighted by Gasteiger charge is -2.13. The fourth-order valence-electron chi connectivity index (χ4n) is 1.54. The summed E-state index contributed by atoms with van der Waals surface area (Å²) in [6.45, 7) is 4.67. The van der Waals surface area contributed by atoms with Crippen LogP contribution in [0.2, 0.25) is 5.02 Å². The normalized spacial score (nSPS) is 12.6. The van der Waals surface area contributed by atoms with Crippen LogP contribution in [0.15, 0.2) is 22.7 Å². The van der Waals surface area contributed by atoms with E-state index in [1.54, 1.807) is 18.2 Å². The number of nitrogens with one attached hydrogen (secondary N) is 1. The Hall–Kier alpha value is -0.250. The van der Waals surface area contributed by atoms with Crippen molar-refractivity contribution >= 4 is 45.0 Å². The van der Waals surface area contributed by atoms with Crippen molar-refractivity contribution in [1.82, 2.24) is 5.32 Å². The quantitative estimate of drug-likeness (QED) is 0.777. The van der Waals surface area contributed by atoms with Gasteiger partial charge >= 0.3 is 0 Å². The first kappa shape index (κ1) is 15.8. The van der Waals surface area contributed by atoms with Crippen LogP contribution in [0.1, 0.15) is 30.6 Å². The molecule has 1 atom stereocenters. The highest BCUT2D eigenvalue weighted by molar-refractivity contribution is 9.10. The van der Waals surface area contributed by atoms with Crippen LogP contribution in [0.5, 0.6) is 0 Å². The number of hydrogen-bond acceptors (Lipinski definition) is 1. The maximum absolute atomic E-state index is 11.9. The second kappa shape index (κ2) is 7.37. The number of carbonyl (C=O) groups excluding carboxylic acids is 1. The third kappa shape index (κ3) is 5.17. The van der Waals surface area contributed by atoms with E-state index in [-0.39, 0.29) is 11.3 Å². The standard InChI is InChI=1S/C13H16BrCl2NO/c1-8(2)5-10(15)7-17-13(18)9-3-4-11(14)12(16)6-9/h3-4,6,8,10H,5,7H2,1-2H3,(H,17,18). The molecule has 0 aliphatic heterocycles. The minimum atomic E-state index is -0.154. The molecular formula is C13H16BrCl2NO. The summed E-state index contributed by atoms with van der Waals surface area (Å²) in [4.78, 5) is 11.9. The number of alkyl halides is 1. The fourth-order valence-corrected chi connectivity index (χ4v) is 2.40. The van der Waals surface area contributed by atoms with Gasteiger partial charge in [0.05, 0.1) is 10.4 Å². The molecule has 1 unspecified atom stereocenters. The largest absolute Gasteiger partial charge is 0.351 e. The predicted molar refractivity (Wildman–Crippen MR) is 80.6 cm³/mol. The van der Waals surface area contributed by atoms with E-state index in [1.807, 2.05) is 0 Å². The number of amides is 1. The van der Waals surface area contributed by atoms with Crippen molar-refractivity contribution in [1.29, 1.82) is 0 Å². The molecule has 0 spiro atoms. The molecule has 1 aromatic carbocycles. The smallest absolute Gasteiger partial charge is 0.251 e. The molecule has 1 amide bonds. The van der Waals surface area contributed by atoms with Crippen LogP contribution >= 0.6 is 39.1 Å². The second-order valence-electron chi connectivity index (χ2n) is 4.57. The van der Waals surface area contributed by atoms with Crippen LogP contribution in [0.4, 0.5) is 0 Å². The maximum Gasteiger partial charge on any atom is 0.251 e. The van der Waals surface area contributed by atoms with Crippen LogP contribution in [0.3, 0.4) is 0 Å². The van der Waals surface area contributed by atoms with E-state index in [0.717, 1.165) is 10.9 Å². The summed E-state index contributed by atoms with van der Waals surface area (Å²) in [7, 11) is 0. The molecule has 0 aliphatic carbocycles. The summed E-state index contributed by atoms with van der Waals surface area (Å²) in [6.07, 6.45) is 0.878. The van der Waals surface area contributed by atoms with Gasteiger partial charge in [0.1, 0.15) is 0 Å². The zero-order valence-electron chi connectivity index (χ0n) is 10.3. The molecule has 2 nitrogen and oxygen atoms in total. The lowest BCUT2D eigenvalue weighted by Crippen LogP contribution is -2.30. The average Bonchev–Trinajstić information content (AvgIpc) is 2.28. The van der Waals surface area contributed by atoms with Crippen LogP contribution in [0, 0.1) is 5.92 Å². The molecule has 0 bridgehead atoms. The molecule has 0 saturated heterocycles. The van der Waals surface area contributed by atoms with Gasteiger partial charge in [-0.25, -0.2) is 0 Å². The van der Waals surface area contributed by atoms with Gasteiger partial charge in [-0.15, -0.1) is 11.6 Å². The third-order valence-electron chi connectivity index (χ3n) is 2.39. The number of hydrogen-bond donors (Lipinski definition) is 1. The van der Waals surface area contributed by atoms with E-state index in [9.17, 15) is 4.79 Å². The Balaban J connectivity index is 2.52. The predicted octanol–water partition coefficient (Wildman–Crippen LogP) is 4.49. The van der Waals surface area contributed by atoms with Crippen molar-refractivity contribution in [2.45, 2.75) is 25.6 Å². The van der Waals surface area contributed by atoms with Gasteiger partial charge in [0, 0.05) is 16.6 Å². The highest BCUT2D eigenvalue weighted by Crippen LogP contribution is 2.23. The first-order valence-corrected chi connectivity index (χ1v) is 7.38. The highest BCUT2D eigenvalue weighted by atomic mass is 79.9. The van der Waals surface area contributed by atoms with Gasteiger partial charge in [0.2, 0.25) is 0 Å². The Morgan fingerprint density at radius 3 is 2.67 bits per heavy atom.